The van der Waals surface area contributed by atoms with E-state index in [1.54, 1.807) is 18.1 Å². The molecule has 146 valence electrons. The van der Waals surface area contributed by atoms with Crippen molar-refractivity contribution in [3.8, 4) is 5.75 Å². The predicted octanol–water partition coefficient (Wildman–Crippen LogP) is 4.01. The first-order chi connectivity index (χ1) is 13.7. The van der Waals surface area contributed by atoms with Gasteiger partial charge >= 0.3 is 5.97 Å². The van der Waals surface area contributed by atoms with E-state index in [1.807, 2.05) is 54.6 Å². The zero-order valence-electron chi connectivity index (χ0n) is 16.0. The third-order valence-corrected chi connectivity index (χ3v) is 4.73. The van der Waals surface area contributed by atoms with E-state index < -0.39 is 12.1 Å². The Kier molecular flexibility index (Phi) is 6.84. The maximum Gasteiger partial charge on any atom is 0.331 e. The van der Waals surface area contributed by atoms with Crippen LogP contribution in [0.4, 0.5) is 0 Å². The quantitative estimate of drug-likeness (QED) is 0.562. The van der Waals surface area contributed by atoms with Gasteiger partial charge in [0.05, 0.1) is 7.11 Å². The number of piperidine rings is 1. The molecule has 5 heteroatoms. The summed E-state index contributed by atoms with van der Waals surface area (Å²) in [6, 6.07) is 16.5. The first-order valence-electron chi connectivity index (χ1n) is 9.54. The fourth-order valence-corrected chi connectivity index (χ4v) is 3.23. The van der Waals surface area contributed by atoms with Crippen LogP contribution < -0.4 is 4.74 Å². The average Bonchev–Trinajstić information content (AvgIpc) is 2.77. The second kappa shape index (κ2) is 9.74. The number of rotatable bonds is 6. The van der Waals surface area contributed by atoms with E-state index in [0.29, 0.717) is 24.4 Å². The predicted molar refractivity (Wildman–Crippen MR) is 108 cm³/mol. The molecule has 3 rings (SSSR count). The molecule has 0 N–H and O–H groups in total. The zero-order valence-corrected chi connectivity index (χ0v) is 16.0. The Morgan fingerprint density at radius 3 is 2.46 bits per heavy atom. The summed E-state index contributed by atoms with van der Waals surface area (Å²) in [7, 11) is 1.59. The standard InChI is InChI=1S/C23H25NO4/c1-27-20-12-8-9-18(17-20)13-14-21(25)28-22(19-10-4-2-5-11-19)23(26)24-15-6-3-7-16-24/h2,4-5,8-14,17,22H,3,6-7,15-16H2,1H3/b14-13+/t22-/m1/s1. The van der Waals surface area contributed by atoms with Gasteiger partial charge in [0.2, 0.25) is 6.10 Å². The highest BCUT2D eigenvalue weighted by molar-refractivity contribution is 5.91. The lowest BCUT2D eigenvalue weighted by Gasteiger charge is -2.30. The Morgan fingerprint density at radius 2 is 1.75 bits per heavy atom. The van der Waals surface area contributed by atoms with Crippen molar-refractivity contribution in [1.82, 2.24) is 4.90 Å². The van der Waals surface area contributed by atoms with Gasteiger partial charge in [-0.15, -0.1) is 0 Å². The minimum absolute atomic E-state index is 0.158. The van der Waals surface area contributed by atoms with Gasteiger partial charge in [-0.2, -0.15) is 0 Å². The van der Waals surface area contributed by atoms with Gasteiger partial charge in [-0.3, -0.25) is 4.79 Å². The summed E-state index contributed by atoms with van der Waals surface area (Å²) in [4.78, 5) is 27.2. The van der Waals surface area contributed by atoms with E-state index in [4.69, 9.17) is 9.47 Å². The highest BCUT2D eigenvalue weighted by atomic mass is 16.5. The number of ether oxygens (including phenoxy) is 2. The molecule has 1 atom stereocenters. The van der Waals surface area contributed by atoms with Crippen molar-refractivity contribution in [1.29, 1.82) is 0 Å². The number of amides is 1. The molecule has 5 nitrogen and oxygen atoms in total. The molecule has 1 heterocycles. The van der Waals surface area contributed by atoms with E-state index in [2.05, 4.69) is 0 Å². The third-order valence-electron chi connectivity index (χ3n) is 4.73. The minimum Gasteiger partial charge on any atom is -0.497 e. The monoisotopic (exact) mass is 379 g/mol. The Morgan fingerprint density at radius 1 is 1.00 bits per heavy atom. The SMILES string of the molecule is COc1cccc(/C=C/C(=O)O[C@@H](C(=O)N2CCCCC2)c2ccccc2)c1. The number of benzene rings is 2. The van der Waals surface area contributed by atoms with Crippen LogP contribution in [0.25, 0.3) is 6.08 Å². The number of esters is 1. The van der Waals surface area contributed by atoms with Crippen molar-refractivity contribution in [3.63, 3.8) is 0 Å². The molecular weight excluding hydrogens is 354 g/mol. The smallest absolute Gasteiger partial charge is 0.331 e. The van der Waals surface area contributed by atoms with Crippen molar-refractivity contribution < 1.29 is 19.1 Å². The van der Waals surface area contributed by atoms with E-state index in [-0.39, 0.29) is 5.91 Å². The largest absolute Gasteiger partial charge is 0.497 e. The molecule has 2 aromatic rings. The molecule has 0 spiro atoms. The minimum atomic E-state index is -0.929. The van der Waals surface area contributed by atoms with Crippen LogP contribution >= 0.6 is 0 Å². The molecular formula is C23H25NO4. The van der Waals surface area contributed by atoms with Crippen molar-refractivity contribution in [2.75, 3.05) is 20.2 Å². The van der Waals surface area contributed by atoms with Gasteiger partial charge in [-0.05, 0) is 43.0 Å². The number of methoxy groups -OCH3 is 1. The highest BCUT2D eigenvalue weighted by Gasteiger charge is 2.29. The first-order valence-corrected chi connectivity index (χ1v) is 9.54. The van der Waals surface area contributed by atoms with Crippen LogP contribution in [-0.4, -0.2) is 37.0 Å². The molecule has 1 fully saturated rings. The topological polar surface area (TPSA) is 55.8 Å². The lowest BCUT2D eigenvalue weighted by Crippen LogP contribution is -2.40. The third kappa shape index (κ3) is 5.22. The summed E-state index contributed by atoms with van der Waals surface area (Å²) in [5, 5.41) is 0. The maximum atomic E-state index is 13.0. The molecule has 0 unspecified atom stereocenters. The summed E-state index contributed by atoms with van der Waals surface area (Å²) >= 11 is 0. The van der Waals surface area contributed by atoms with Gasteiger partial charge in [0.15, 0.2) is 0 Å². The zero-order chi connectivity index (χ0) is 19.8. The van der Waals surface area contributed by atoms with E-state index in [1.165, 1.54) is 6.08 Å². The summed E-state index contributed by atoms with van der Waals surface area (Å²) < 4.78 is 10.8. The number of nitrogens with zero attached hydrogens (tertiary/aromatic N) is 1. The lowest BCUT2D eigenvalue weighted by molar-refractivity contribution is -0.157. The van der Waals surface area contributed by atoms with Crippen LogP contribution in [0, 0.1) is 0 Å². The first kappa shape index (κ1) is 19.7. The average molecular weight is 379 g/mol. The molecule has 28 heavy (non-hydrogen) atoms. The van der Waals surface area contributed by atoms with Gasteiger partial charge < -0.3 is 14.4 Å². The van der Waals surface area contributed by atoms with Crippen LogP contribution in [0.1, 0.15) is 36.5 Å². The normalized spacial score (nSPS) is 15.2. The van der Waals surface area contributed by atoms with Crippen LogP contribution in [0.15, 0.2) is 60.7 Å². The Labute approximate surface area is 165 Å². The van der Waals surface area contributed by atoms with E-state index >= 15 is 0 Å². The van der Waals surface area contributed by atoms with Crippen molar-refractivity contribution in [2.24, 2.45) is 0 Å². The van der Waals surface area contributed by atoms with Gasteiger partial charge in [0.1, 0.15) is 5.75 Å². The summed E-state index contributed by atoms with van der Waals surface area (Å²) in [5.74, 6) is -0.00554. The molecule has 1 saturated heterocycles. The molecule has 1 aliphatic heterocycles. The molecule has 0 saturated carbocycles. The number of carbonyl (C=O) groups is 2. The van der Waals surface area contributed by atoms with Gasteiger partial charge in [0, 0.05) is 24.7 Å². The number of hydrogen-bond acceptors (Lipinski definition) is 4. The number of hydrogen-bond donors (Lipinski definition) is 0. The van der Waals surface area contributed by atoms with Crippen molar-refractivity contribution in [2.45, 2.75) is 25.4 Å². The van der Waals surface area contributed by atoms with Crippen LogP contribution in [0.2, 0.25) is 0 Å². The molecule has 1 amide bonds. The second-order valence-electron chi connectivity index (χ2n) is 6.72. The van der Waals surface area contributed by atoms with Gasteiger partial charge in [-0.25, -0.2) is 4.79 Å². The highest BCUT2D eigenvalue weighted by Crippen LogP contribution is 2.23. The molecule has 1 aliphatic rings. The Balaban J connectivity index is 1.73. The molecule has 0 aliphatic carbocycles. The van der Waals surface area contributed by atoms with Gasteiger partial charge in [0.25, 0.3) is 5.91 Å². The molecule has 2 aromatic carbocycles. The van der Waals surface area contributed by atoms with Crippen LogP contribution in [0.5, 0.6) is 5.75 Å². The second-order valence-corrected chi connectivity index (χ2v) is 6.72. The Hall–Kier alpha value is -3.08. The Bertz CT molecular complexity index is 826. The number of likely N-dealkylation sites (tertiary alicyclic amines) is 1. The fraction of sp³-hybridized carbons (Fsp3) is 0.304. The van der Waals surface area contributed by atoms with E-state index in [9.17, 15) is 9.59 Å². The summed E-state index contributed by atoms with van der Waals surface area (Å²) in [6.45, 7) is 1.42. The van der Waals surface area contributed by atoms with E-state index in [0.717, 1.165) is 24.8 Å². The van der Waals surface area contributed by atoms with Crippen LogP contribution in [-0.2, 0) is 14.3 Å². The lowest BCUT2D eigenvalue weighted by atomic mass is 10.1. The van der Waals surface area contributed by atoms with Crippen molar-refractivity contribution >= 4 is 18.0 Å². The maximum absolute atomic E-state index is 13.0. The number of carbonyl (C=O) groups excluding carboxylic acids is 2. The fourth-order valence-electron chi connectivity index (χ4n) is 3.23. The van der Waals surface area contributed by atoms with Crippen LogP contribution in [0.3, 0.4) is 0 Å². The molecule has 0 aromatic heterocycles. The summed E-state index contributed by atoms with van der Waals surface area (Å²) in [5.41, 5.74) is 1.50. The van der Waals surface area contributed by atoms with Crippen molar-refractivity contribution in [3.05, 3.63) is 71.8 Å². The molecule has 0 bridgehead atoms. The summed E-state index contributed by atoms with van der Waals surface area (Å²) in [6.07, 6.45) is 5.16. The van der Waals surface area contributed by atoms with Gasteiger partial charge in [-0.1, -0.05) is 42.5 Å². The molecule has 0 radical (unpaired) electrons.